The first-order valence-corrected chi connectivity index (χ1v) is 11.7. The molecular formula is C26H33N3O4. The molecule has 0 aliphatic carbocycles. The summed E-state index contributed by atoms with van der Waals surface area (Å²) >= 11 is 0. The van der Waals surface area contributed by atoms with Gasteiger partial charge in [-0.3, -0.25) is 9.59 Å². The lowest BCUT2D eigenvalue weighted by Gasteiger charge is -2.42. The van der Waals surface area contributed by atoms with Gasteiger partial charge in [-0.1, -0.05) is 18.2 Å². The molecule has 0 bridgehead atoms. The van der Waals surface area contributed by atoms with Gasteiger partial charge in [0.15, 0.2) is 0 Å². The minimum absolute atomic E-state index is 0.00618. The van der Waals surface area contributed by atoms with E-state index in [4.69, 9.17) is 9.47 Å². The summed E-state index contributed by atoms with van der Waals surface area (Å²) in [4.78, 5) is 32.1. The molecule has 2 heterocycles. The molecule has 7 nitrogen and oxygen atoms in total. The maximum Gasteiger partial charge on any atom is 0.258 e. The Balaban J connectivity index is 1.71. The molecule has 4 rings (SSSR count). The fourth-order valence-corrected chi connectivity index (χ4v) is 4.89. The number of ether oxygens (including phenoxy) is 2. The lowest BCUT2D eigenvalue weighted by Crippen LogP contribution is -2.52. The molecular weight excluding hydrogens is 418 g/mol. The second kappa shape index (κ2) is 10.1. The van der Waals surface area contributed by atoms with Crippen molar-refractivity contribution in [2.24, 2.45) is 0 Å². The number of methoxy groups -OCH3 is 2. The van der Waals surface area contributed by atoms with Crippen LogP contribution in [-0.2, 0) is 4.79 Å². The topological polar surface area (TPSA) is 62.3 Å². The Bertz CT molecular complexity index is 1000. The summed E-state index contributed by atoms with van der Waals surface area (Å²) < 4.78 is 11.2. The van der Waals surface area contributed by atoms with Crippen molar-refractivity contribution in [2.45, 2.75) is 32.2 Å². The highest BCUT2D eigenvalue weighted by atomic mass is 16.5. The van der Waals surface area contributed by atoms with Crippen LogP contribution in [0, 0.1) is 0 Å². The zero-order valence-corrected chi connectivity index (χ0v) is 19.8. The second-order valence-electron chi connectivity index (χ2n) is 8.65. The van der Waals surface area contributed by atoms with Crippen LogP contribution in [0.5, 0.6) is 11.5 Å². The molecule has 7 heteroatoms. The van der Waals surface area contributed by atoms with Crippen LogP contribution in [-0.4, -0.2) is 68.6 Å². The van der Waals surface area contributed by atoms with Gasteiger partial charge >= 0.3 is 0 Å². The van der Waals surface area contributed by atoms with E-state index in [0.717, 1.165) is 37.2 Å². The molecule has 2 aliphatic heterocycles. The normalized spacial score (nSPS) is 18.8. The van der Waals surface area contributed by atoms with Crippen molar-refractivity contribution < 1.29 is 19.1 Å². The molecule has 2 fully saturated rings. The molecule has 0 aromatic heterocycles. The number of hydrogen-bond donors (Lipinski definition) is 0. The number of rotatable bonds is 5. The average Bonchev–Trinajstić information content (AvgIpc) is 2.88. The predicted molar refractivity (Wildman–Crippen MR) is 128 cm³/mol. The SMILES string of the molecule is COc1ccc(N2CCCCC2)cc1C(=O)N1CCN(C(C)=O)CC1c1ccccc1OC. The number of piperidine rings is 1. The number of para-hydroxylation sites is 1. The van der Waals surface area contributed by atoms with Crippen molar-refractivity contribution in [2.75, 3.05) is 51.8 Å². The van der Waals surface area contributed by atoms with Crippen LogP contribution in [0.1, 0.15) is 48.1 Å². The Morgan fingerprint density at radius 2 is 1.61 bits per heavy atom. The number of carbonyl (C=O) groups excluding carboxylic acids is 2. The highest BCUT2D eigenvalue weighted by Gasteiger charge is 2.35. The van der Waals surface area contributed by atoms with E-state index in [-0.39, 0.29) is 17.9 Å². The monoisotopic (exact) mass is 451 g/mol. The Morgan fingerprint density at radius 3 is 2.30 bits per heavy atom. The molecule has 0 radical (unpaired) electrons. The van der Waals surface area contributed by atoms with Gasteiger partial charge in [-0.25, -0.2) is 0 Å². The minimum Gasteiger partial charge on any atom is -0.496 e. The lowest BCUT2D eigenvalue weighted by molar-refractivity contribution is -0.131. The van der Waals surface area contributed by atoms with Crippen LogP contribution < -0.4 is 14.4 Å². The number of carbonyl (C=O) groups is 2. The Labute approximate surface area is 195 Å². The van der Waals surface area contributed by atoms with Crippen molar-refractivity contribution in [3.8, 4) is 11.5 Å². The molecule has 33 heavy (non-hydrogen) atoms. The van der Waals surface area contributed by atoms with Crippen LogP contribution in [0.4, 0.5) is 5.69 Å². The Hall–Kier alpha value is -3.22. The average molecular weight is 452 g/mol. The lowest BCUT2D eigenvalue weighted by atomic mass is 9.99. The predicted octanol–water partition coefficient (Wildman–Crippen LogP) is 3.74. The molecule has 176 valence electrons. The third-order valence-corrected chi connectivity index (χ3v) is 6.72. The summed E-state index contributed by atoms with van der Waals surface area (Å²) in [5.41, 5.74) is 2.50. The number of amides is 2. The Morgan fingerprint density at radius 1 is 0.879 bits per heavy atom. The van der Waals surface area contributed by atoms with Gasteiger partial charge in [0.1, 0.15) is 11.5 Å². The molecule has 0 saturated carbocycles. The Kier molecular flexibility index (Phi) is 7.06. The standard InChI is InChI=1S/C26H33N3O4/c1-19(30)28-15-16-29(23(18-28)21-9-5-6-10-24(21)32-2)26(31)22-17-20(11-12-25(22)33-3)27-13-7-4-8-14-27/h5-6,9-12,17,23H,4,7-8,13-16,18H2,1-3H3. The summed E-state index contributed by atoms with van der Waals surface area (Å²) in [7, 11) is 3.22. The number of benzene rings is 2. The van der Waals surface area contributed by atoms with Crippen molar-refractivity contribution in [3.63, 3.8) is 0 Å². The quantitative estimate of drug-likeness (QED) is 0.693. The maximum atomic E-state index is 14.0. The molecule has 0 spiro atoms. The maximum absolute atomic E-state index is 14.0. The first-order valence-electron chi connectivity index (χ1n) is 11.7. The van der Waals surface area contributed by atoms with E-state index >= 15 is 0 Å². The zero-order chi connectivity index (χ0) is 23.4. The van der Waals surface area contributed by atoms with Crippen molar-refractivity contribution in [1.82, 2.24) is 9.80 Å². The van der Waals surface area contributed by atoms with Crippen LogP contribution >= 0.6 is 0 Å². The van der Waals surface area contributed by atoms with Gasteiger partial charge in [-0.2, -0.15) is 0 Å². The summed E-state index contributed by atoms with van der Waals surface area (Å²) in [5, 5.41) is 0. The first kappa shape index (κ1) is 23.0. The smallest absolute Gasteiger partial charge is 0.258 e. The van der Waals surface area contributed by atoms with E-state index in [9.17, 15) is 9.59 Å². The van der Waals surface area contributed by atoms with Gasteiger partial charge < -0.3 is 24.2 Å². The van der Waals surface area contributed by atoms with Gasteiger partial charge in [0.25, 0.3) is 5.91 Å². The second-order valence-corrected chi connectivity index (χ2v) is 8.65. The third-order valence-electron chi connectivity index (χ3n) is 6.72. The number of anilines is 1. The fourth-order valence-electron chi connectivity index (χ4n) is 4.89. The summed E-state index contributed by atoms with van der Waals surface area (Å²) in [5.74, 6) is 1.18. The van der Waals surface area contributed by atoms with Gasteiger partial charge in [0.2, 0.25) is 5.91 Å². The zero-order valence-electron chi connectivity index (χ0n) is 19.8. The van der Waals surface area contributed by atoms with Crippen LogP contribution in [0.15, 0.2) is 42.5 Å². The summed E-state index contributed by atoms with van der Waals surface area (Å²) in [6, 6.07) is 13.3. The van der Waals surface area contributed by atoms with Gasteiger partial charge in [0.05, 0.1) is 25.8 Å². The summed E-state index contributed by atoms with van der Waals surface area (Å²) in [6.07, 6.45) is 3.58. The van der Waals surface area contributed by atoms with E-state index in [2.05, 4.69) is 4.90 Å². The van der Waals surface area contributed by atoms with Crippen molar-refractivity contribution in [3.05, 3.63) is 53.6 Å². The molecule has 1 unspecified atom stereocenters. The fraction of sp³-hybridized carbons (Fsp3) is 0.462. The number of hydrogen-bond acceptors (Lipinski definition) is 5. The third kappa shape index (κ3) is 4.77. The highest BCUT2D eigenvalue weighted by Crippen LogP contribution is 2.35. The van der Waals surface area contributed by atoms with Crippen molar-refractivity contribution in [1.29, 1.82) is 0 Å². The minimum atomic E-state index is -0.311. The van der Waals surface area contributed by atoms with E-state index in [1.165, 1.54) is 6.42 Å². The molecule has 2 amide bonds. The van der Waals surface area contributed by atoms with Crippen molar-refractivity contribution >= 4 is 17.5 Å². The van der Waals surface area contributed by atoms with E-state index < -0.39 is 0 Å². The number of piperazine rings is 1. The molecule has 0 N–H and O–H groups in total. The highest BCUT2D eigenvalue weighted by molar-refractivity contribution is 5.98. The van der Waals surface area contributed by atoms with Crippen LogP contribution in [0.2, 0.25) is 0 Å². The van der Waals surface area contributed by atoms with Gasteiger partial charge in [-0.15, -0.1) is 0 Å². The van der Waals surface area contributed by atoms with E-state index in [0.29, 0.717) is 36.7 Å². The van der Waals surface area contributed by atoms with Crippen LogP contribution in [0.25, 0.3) is 0 Å². The molecule has 2 aromatic rings. The van der Waals surface area contributed by atoms with Gasteiger partial charge in [-0.05, 0) is 43.5 Å². The van der Waals surface area contributed by atoms with Gasteiger partial charge in [0, 0.05) is 50.9 Å². The van der Waals surface area contributed by atoms with Crippen LogP contribution in [0.3, 0.4) is 0 Å². The molecule has 2 aromatic carbocycles. The molecule has 1 atom stereocenters. The summed E-state index contributed by atoms with van der Waals surface area (Å²) in [6.45, 7) is 4.94. The van der Waals surface area contributed by atoms with E-state index in [1.54, 1.807) is 26.0 Å². The molecule has 2 saturated heterocycles. The first-order chi connectivity index (χ1) is 16.0. The largest absolute Gasteiger partial charge is 0.496 e. The number of nitrogens with zero attached hydrogens (tertiary/aromatic N) is 3. The molecule has 2 aliphatic rings. The van der Waals surface area contributed by atoms with E-state index in [1.807, 2.05) is 47.4 Å².